The average molecular weight is 400 g/mol. The van der Waals surface area contributed by atoms with Crippen molar-refractivity contribution >= 4 is 34.4 Å². The van der Waals surface area contributed by atoms with E-state index in [0.717, 1.165) is 0 Å². The van der Waals surface area contributed by atoms with Crippen molar-refractivity contribution in [3.63, 3.8) is 0 Å². The lowest BCUT2D eigenvalue weighted by Gasteiger charge is -2.11. The van der Waals surface area contributed by atoms with Crippen LogP contribution < -0.4 is 0 Å². The molecular formula is C18H17FN6O2S. The number of esters is 1. The molecule has 0 radical (unpaired) electrons. The van der Waals surface area contributed by atoms with E-state index in [1.807, 2.05) is 6.92 Å². The molecule has 3 aromatic heterocycles. The third kappa shape index (κ3) is 3.19. The largest absolute Gasteiger partial charge is 0.465 e. The zero-order chi connectivity index (χ0) is 19.7. The molecule has 144 valence electrons. The molecule has 28 heavy (non-hydrogen) atoms. The number of benzene rings is 1. The second-order valence-electron chi connectivity index (χ2n) is 5.96. The fourth-order valence-corrected chi connectivity index (χ4v) is 3.73. The molecule has 10 heteroatoms. The number of rotatable bonds is 6. The van der Waals surface area contributed by atoms with E-state index in [0.29, 0.717) is 40.6 Å². The fourth-order valence-electron chi connectivity index (χ4n) is 2.81. The summed E-state index contributed by atoms with van der Waals surface area (Å²) < 4.78 is 21.6. The molecule has 4 aromatic rings. The summed E-state index contributed by atoms with van der Waals surface area (Å²) in [7, 11) is 0. The van der Waals surface area contributed by atoms with Crippen molar-refractivity contribution in [1.82, 2.24) is 29.4 Å². The Morgan fingerprint density at radius 1 is 1.21 bits per heavy atom. The summed E-state index contributed by atoms with van der Waals surface area (Å²) >= 11 is 1.29. The van der Waals surface area contributed by atoms with Gasteiger partial charge in [-0.2, -0.15) is 5.10 Å². The fraction of sp³-hybridized carbons (Fsp3) is 0.278. The van der Waals surface area contributed by atoms with E-state index in [-0.39, 0.29) is 17.0 Å². The van der Waals surface area contributed by atoms with Crippen LogP contribution in [0.2, 0.25) is 0 Å². The summed E-state index contributed by atoms with van der Waals surface area (Å²) in [5, 5.41) is 13.7. The number of halogens is 1. The highest BCUT2D eigenvalue weighted by atomic mass is 32.2. The van der Waals surface area contributed by atoms with Gasteiger partial charge >= 0.3 is 5.97 Å². The maximum Gasteiger partial charge on any atom is 0.319 e. The molecule has 0 aliphatic heterocycles. The number of ether oxygens (including phenoxy) is 1. The van der Waals surface area contributed by atoms with Crippen LogP contribution in [0.15, 0.2) is 41.9 Å². The first kappa shape index (κ1) is 18.4. The van der Waals surface area contributed by atoms with Crippen molar-refractivity contribution < 1.29 is 13.9 Å². The van der Waals surface area contributed by atoms with Crippen LogP contribution in [0.1, 0.15) is 20.3 Å². The smallest absolute Gasteiger partial charge is 0.319 e. The van der Waals surface area contributed by atoms with Crippen LogP contribution in [0.3, 0.4) is 0 Å². The minimum absolute atomic E-state index is 0.273. The molecule has 0 amide bonds. The Labute approximate surface area is 163 Å². The van der Waals surface area contributed by atoms with Crippen LogP contribution in [-0.4, -0.2) is 47.2 Å². The molecule has 1 aromatic carbocycles. The van der Waals surface area contributed by atoms with Crippen LogP contribution in [-0.2, 0) is 9.53 Å². The van der Waals surface area contributed by atoms with Crippen molar-refractivity contribution in [3.8, 4) is 5.69 Å². The number of carbonyl (C=O) groups is 1. The molecule has 0 unspecified atom stereocenters. The maximum atomic E-state index is 13.2. The maximum absolute atomic E-state index is 13.2. The zero-order valence-electron chi connectivity index (χ0n) is 15.2. The Morgan fingerprint density at radius 3 is 2.71 bits per heavy atom. The summed E-state index contributed by atoms with van der Waals surface area (Å²) in [5.41, 5.74) is 1.86. The molecule has 0 aliphatic rings. The number of fused-ring (bicyclic) bond motifs is 3. The van der Waals surface area contributed by atoms with Crippen LogP contribution in [0, 0.1) is 5.82 Å². The summed E-state index contributed by atoms with van der Waals surface area (Å²) in [6, 6.07) is 5.99. The van der Waals surface area contributed by atoms with Crippen molar-refractivity contribution in [2.24, 2.45) is 0 Å². The molecule has 1 atom stereocenters. The van der Waals surface area contributed by atoms with Crippen molar-refractivity contribution in [2.75, 3.05) is 6.61 Å². The van der Waals surface area contributed by atoms with Gasteiger partial charge in [0, 0.05) is 0 Å². The predicted molar refractivity (Wildman–Crippen MR) is 102 cm³/mol. The average Bonchev–Trinajstić information content (AvgIpc) is 3.30. The zero-order valence-corrected chi connectivity index (χ0v) is 16.1. The van der Waals surface area contributed by atoms with E-state index >= 15 is 0 Å². The Kier molecular flexibility index (Phi) is 4.95. The first-order valence-corrected chi connectivity index (χ1v) is 9.67. The van der Waals surface area contributed by atoms with Crippen LogP contribution >= 0.6 is 11.8 Å². The second kappa shape index (κ2) is 7.55. The highest BCUT2D eigenvalue weighted by molar-refractivity contribution is 8.00. The normalized spacial score (nSPS) is 12.5. The number of carbonyl (C=O) groups excluding carboxylic acids is 1. The molecule has 0 saturated carbocycles. The molecule has 0 fully saturated rings. The Hall–Kier alpha value is -3.01. The highest BCUT2D eigenvalue weighted by Gasteiger charge is 2.23. The summed E-state index contributed by atoms with van der Waals surface area (Å²) in [4.78, 5) is 16.6. The third-order valence-electron chi connectivity index (χ3n) is 4.18. The van der Waals surface area contributed by atoms with Crippen molar-refractivity contribution in [3.05, 3.63) is 42.6 Å². The highest BCUT2D eigenvalue weighted by Crippen LogP contribution is 2.27. The van der Waals surface area contributed by atoms with Gasteiger partial charge in [-0.05, 0) is 37.6 Å². The topological polar surface area (TPSA) is 87.2 Å². The van der Waals surface area contributed by atoms with Crippen molar-refractivity contribution in [1.29, 1.82) is 0 Å². The second-order valence-corrected chi connectivity index (χ2v) is 7.13. The molecule has 0 aliphatic carbocycles. The van der Waals surface area contributed by atoms with Crippen LogP contribution in [0.4, 0.5) is 4.39 Å². The van der Waals surface area contributed by atoms with Gasteiger partial charge in [0.05, 0.1) is 23.9 Å². The number of aromatic nitrogens is 6. The molecular weight excluding hydrogens is 383 g/mol. The van der Waals surface area contributed by atoms with Crippen LogP contribution in [0.25, 0.3) is 22.4 Å². The predicted octanol–water partition coefficient (Wildman–Crippen LogP) is 3.04. The van der Waals surface area contributed by atoms with Gasteiger partial charge in [-0.1, -0.05) is 18.7 Å². The molecule has 8 nitrogen and oxygen atoms in total. The quantitative estimate of drug-likeness (QED) is 0.363. The van der Waals surface area contributed by atoms with Gasteiger partial charge in [0.15, 0.2) is 16.5 Å². The van der Waals surface area contributed by atoms with E-state index in [1.54, 1.807) is 40.7 Å². The SMILES string of the molecule is CCOC(=O)[C@H](CC)Sc1nnc2c3cnn(-c4ccc(F)cc4)c3ncn12. The Balaban J connectivity index is 1.72. The lowest BCUT2D eigenvalue weighted by Crippen LogP contribution is -2.19. The number of nitrogens with zero attached hydrogens (tertiary/aromatic N) is 6. The van der Waals surface area contributed by atoms with Gasteiger partial charge in [0.1, 0.15) is 17.4 Å². The molecule has 0 saturated heterocycles. The van der Waals surface area contributed by atoms with Gasteiger partial charge in [-0.3, -0.25) is 9.20 Å². The van der Waals surface area contributed by atoms with Gasteiger partial charge in [-0.15, -0.1) is 10.2 Å². The third-order valence-corrected chi connectivity index (χ3v) is 5.48. The van der Waals surface area contributed by atoms with E-state index in [9.17, 15) is 9.18 Å². The minimum atomic E-state index is -0.370. The van der Waals surface area contributed by atoms with Gasteiger partial charge in [-0.25, -0.2) is 14.1 Å². The molecule has 0 spiro atoms. The minimum Gasteiger partial charge on any atom is -0.465 e. The van der Waals surface area contributed by atoms with Crippen molar-refractivity contribution in [2.45, 2.75) is 30.7 Å². The van der Waals surface area contributed by atoms with Gasteiger partial charge in [0.2, 0.25) is 0 Å². The summed E-state index contributed by atoms with van der Waals surface area (Å²) in [6.07, 6.45) is 3.85. The standard InChI is InChI=1S/C18H17FN6O2S/c1-3-14(17(26)27-4-2)28-18-23-22-16-13-9-21-25(15(13)20-10-24(16)18)12-7-5-11(19)6-8-12/h5-10,14H,3-4H2,1-2H3/t14-/m0/s1. The Morgan fingerprint density at radius 2 is 2.00 bits per heavy atom. The van der Waals surface area contributed by atoms with Gasteiger partial charge in [0.25, 0.3) is 0 Å². The van der Waals surface area contributed by atoms with E-state index in [2.05, 4.69) is 20.3 Å². The number of thioether (sulfide) groups is 1. The number of hydrogen-bond donors (Lipinski definition) is 0. The monoisotopic (exact) mass is 400 g/mol. The van der Waals surface area contributed by atoms with Crippen LogP contribution in [0.5, 0.6) is 0 Å². The molecule has 4 rings (SSSR count). The molecule has 0 N–H and O–H groups in total. The first-order valence-electron chi connectivity index (χ1n) is 8.79. The van der Waals surface area contributed by atoms with E-state index in [4.69, 9.17) is 4.74 Å². The van der Waals surface area contributed by atoms with E-state index in [1.165, 1.54) is 23.9 Å². The summed E-state index contributed by atoms with van der Waals surface area (Å²) in [5.74, 6) is -0.591. The lowest BCUT2D eigenvalue weighted by atomic mass is 10.3. The number of hydrogen-bond acceptors (Lipinski definition) is 7. The molecule has 0 bridgehead atoms. The first-order chi connectivity index (χ1) is 13.6. The van der Waals surface area contributed by atoms with Gasteiger partial charge < -0.3 is 4.74 Å². The Bertz CT molecular complexity index is 1140. The lowest BCUT2D eigenvalue weighted by molar-refractivity contribution is -0.142. The van der Waals surface area contributed by atoms with E-state index < -0.39 is 0 Å². The summed E-state index contributed by atoms with van der Waals surface area (Å²) in [6.45, 7) is 4.03. The molecule has 3 heterocycles.